The number of nitrogens with zero attached hydrogens (tertiary/aromatic N) is 2. The molecule has 3 heterocycles. The maximum absolute atomic E-state index is 15.7. The summed E-state index contributed by atoms with van der Waals surface area (Å²) in [7, 11) is 0. The minimum Gasteiger partial charge on any atom is -0.492 e. The first-order chi connectivity index (χ1) is 18.5. The van der Waals surface area contributed by atoms with Gasteiger partial charge in [0.25, 0.3) is 5.91 Å². The third-order valence-corrected chi connectivity index (χ3v) is 7.99. The van der Waals surface area contributed by atoms with Crippen LogP contribution in [0.15, 0.2) is 36.4 Å². The third-order valence-electron chi connectivity index (χ3n) is 7.99. The van der Waals surface area contributed by atoms with E-state index in [1.165, 1.54) is 16.5 Å². The lowest BCUT2D eigenvalue weighted by atomic mass is 9.73. The molecule has 0 unspecified atom stereocenters. The van der Waals surface area contributed by atoms with E-state index in [1.807, 2.05) is 18.2 Å². The largest absolute Gasteiger partial charge is 0.492 e. The minimum atomic E-state index is -1.02. The van der Waals surface area contributed by atoms with E-state index in [1.54, 1.807) is 20.8 Å². The number of nitrogens with two attached hydrogens (primary N) is 1. The number of esters is 1. The van der Waals surface area contributed by atoms with Crippen molar-refractivity contribution in [1.82, 2.24) is 9.80 Å². The lowest BCUT2D eigenvalue weighted by Crippen LogP contribution is -2.45. The van der Waals surface area contributed by atoms with Crippen molar-refractivity contribution in [2.45, 2.75) is 76.6 Å². The molecule has 1 spiro atoms. The van der Waals surface area contributed by atoms with E-state index >= 15 is 4.39 Å². The fraction of sp³-hybridized carbons (Fsp3) is 0.500. The number of primary amides is 1. The second-order valence-corrected chi connectivity index (χ2v) is 11.9. The molecule has 2 N–H and O–H groups in total. The van der Waals surface area contributed by atoms with Crippen LogP contribution in [-0.4, -0.2) is 58.9 Å². The SMILES string of the molecule is CC(C)(C)OC(=O)CC[C@@H](C(N)=O)N1Cc2c(cc(F)c3c2OCC32CCN(Cc3ccccc3)CC2)C1=O. The van der Waals surface area contributed by atoms with Gasteiger partial charge in [-0.1, -0.05) is 30.3 Å². The van der Waals surface area contributed by atoms with E-state index in [2.05, 4.69) is 17.0 Å². The Labute approximate surface area is 228 Å². The van der Waals surface area contributed by atoms with Crippen LogP contribution in [0.25, 0.3) is 0 Å². The second kappa shape index (κ2) is 10.3. The fourth-order valence-electron chi connectivity index (χ4n) is 6.07. The summed E-state index contributed by atoms with van der Waals surface area (Å²) in [4.78, 5) is 41.6. The van der Waals surface area contributed by atoms with Gasteiger partial charge in [-0.3, -0.25) is 19.3 Å². The van der Waals surface area contributed by atoms with Gasteiger partial charge in [-0.05, 0) is 64.8 Å². The van der Waals surface area contributed by atoms with Crippen LogP contribution in [0.1, 0.15) is 73.5 Å². The number of carbonyl (C=O) groups excluding carboxylic acids is 3. The summed E-state index contributed by atoms with van der Waals surface area (Å²) in [5, 5.41) is 0. The van der Waals surface area contributed by atoms with Crippen molar-refractivity contribution in [2.24, 2.45) is 5.73 Å². The molecule has 0 aliphatic carbocycles. The van der Waals surface area contributed by atoms with E-state index in [0.717, 1.165) is 32.5 Å². The number of piperidine rings is 1. The molecule has 0 aromatic heterocycles. The van der Waals surface area contributed by atoms with E-state index in [4.69, 9.17) is 15.2 Å². The number of ether oxygens (including phenoxy) is 2. The summed E-state index contributed by atoms with van der Waals surface area (Å²) >= 11 is 0. The van der Waals surface area contributed by atoms with Crippen molar-refractivity contribution in [2.75, 3.05) is 19.7 Å². The average molecular weight is 538 g/mol. The Morgan fingerprint density at radius 3 is 2.51 bits per heavy atom. The van der Waals surface area contributed by atoms with Crippen LogP contribution in [0.5, 0.6) is 5.75 Å². The summed E-state index contributed by atoms with van der Waals surface area (Å²) < 4.78 is 27.1. The standard InChI is InChI=1S/C30H36FN3O5/c1-29(2,3)39-24(35)10-9-23(27(32)36)34-17-21-20(28(34)37)15-22(31)25-26(21)38-18-30(25)11-13-33(14-12-30)16-19-7-5-4-6-8-19/h4-8,15,23H,9-14,16-18H2,1-3H3,(H2,32,36)/t23-/m0/s1. The number of amides is 2. The normalized spacial score (nSPS) is 19.0. The molecule has 2 amide bonds. The van der Waals surface area contributed by atoms with Crippen molar-refractivity contribution in [3.05, 3.63) is 64.5 Å². The molecule has 3 aliphatic rings. The summed E-state index contributed by atoms with van der Waals surface area (Å²) in [5.41, 5.74) is 7.11. The summed E-state index contributed by atoms with van der Waals surface area (Å²) in [6.07, 6.45) is 1.45. The van der Waals surface area contributed by atoms with Gasteiger partial charge in [0.05, 0.1) is 18.7 Å². The zero-order valence-electron chi connectivity index (χ0n) is 22.8. The van der Waals surface area contributed by atoms with Gasteiger partial charge in [0.2, 0.25) is 5.91 Å². The lowest BCUT2D eigenvalue weighted by Gasteiger charge is -2.38. The molecule has 0 bridgehead atoms. The van der Waals surface area contributed by atoms with Gasteiger partial charge in [0.1, 0.15) is 23.2 Å². The number of hydrogen-bond acceptors (Lipinski definition) is 6. The highest BCUT2D eigenvalue weighted by Crippen LogP contribution is 2.51. The summed E-state index contributed by atoms with van der Waals surface area (Å²) in [6, 6.07) is 10.5. The maximum Gasteiger partial charge on any atom is 0.306 e. The number of benzene rings is 2. The topological polar surface area (TPSA) is 102 Å². The Bertz CT molecular complexity index is 1280. The molecule has 208 valence electrons. The van der Waals surface area contributed by atoms with Crippen LogP contribution in [0, 0.1) is 5.82 Å². The molecule has 2 aromatic rings. The Morgan fingerprint density at radius 2 is 1.87 bits per heavy atom. The van der Waals surface area contributed by atoms with Gasteiger partial charge >= 0.3 is 5.97 Å². The zero-order chi connectivity index (χ0) is 27.9. The molecule has 1 atom stereocenters. The first-order valence-corrected chi connectivity index (χ1v) is 13.5. The summed E-state index contributed by atoms with van der Waals surface area (Å²) in [5.74, 6) is -1.71. The van der Waals surface area contributed by atoms with Gasteiger partial charge in [0.15, 0.2) is 0 Å². The molecule has 1 saturated heterocycles. The smallest absolute Gasteiger partial charge is 0.306 e. The number of carbonyl (C=O) groups is 3. The van der Waals surface area contributed by atoms with Crippen LogP contribution < -0.4 is 10.5 Å². The van der Waals surface area contributed by atoms with Crippen LogP contribution in [0.3, 0.4) is 0 Å². The number of fused-ring (bicyclic) bond motifs is 4. The van der Waals surface area contributed by atoms with Gasteiger partial charge < -0.3 is 20.1 Å². The van der Waals surface area contributed by atoms with Crippen LogP contribution in [0.4, 0.5) is 4.39 Å². The monoisotopic (exact) mass is 537 g/mol. The number of hydrogen-bond donors (Lipinski definition) is 1. The van der Waals surface area contributed by atoms with Crippen LogP contribution in [0.2, 0.25) is 0 Å². The van der Waals surface area contributed by atoms with Crippen molar-refractivity contribution < 1.29 is 28.2 Å². The molecule has 39 heavy (non-hydrogen) atoms. The molecule has 0 saturated carbocycles. The first-order valence-electron chi connectivity index (χ1n) is 13.5. The highest BCUT2D eigenvalue weighted by molar-refractivity contribution is 6.02. The highest BCUT2D eigenvalue weighted by atomic mass is 19.1. The Morgan fingerprint density at radius 1 is 1.18 bits per heavy atom. The molecule has 1 fully saturated rings. The van der Waals surface area contributed by atoms with Crippen molar-refractivity contribution >= 4 is 17.8 Å². The summed E-state index contributed by atoms with van der Waals surface area (Å²) in [6.45, 7) is 8.18. The third kappa shape index (κ3) is 5.37. The number of rotatable bonds is 7. The van der Waals surface area contributed by atoms with Gasteiger partial charge in [-0.15, -0.1) is 0 Å². The molecule has 3 aliphatic heterocycles. The minimum absolute atomic E-state index is 0.0245. The lowest BCUT2D eigenvalue weighted by molar-refractivity contribution is -0.155. The molecule has 9 heteroatoms. The van der Waals surface area contributed by atoms with Crippen LogP contribution in [-0.2, 0) is 32.8 Å². The van der Waals surface area contributed by atoms with Gasteiger partial charge in [-0.2, -0.15) is 0 Å². The number of halogens is 1. The van der Waals surface area contributed by atoms with Crippen molar-refractivity contribution in [3.63, 3.8) is 0 Å². The second-order valence-electron chi connectivity index (χ2n) is 11.9. The van der Waals surface area contributed by atoms with E-state index in [9.17, 15) is 14.4 Å². The molecular formula is C30H36FN3O5. The first kappa shape index (κ1) is 27.1. The fourth-order valence-corrected chi connectivity index (χ4v) is 6.07. The molecule has 0 radical (unpaired) electrons. The van der Waals surface area contributed by atoms with Crippen molar-refractivity contribution in [1.29, 1.82) is 0 Å². The molecule has 2 aromatic carbocycles. The van der Waals surface area contributed by atoms with Crippen LogP contribution >= 0.6 is 0 Å². The molecule has 5 rings (SSSR count). The quantitative estimate of drug-likeness (QED) is 0.541. The number of likely N-dealkylation sites (tertiary alicyclic amines) is 1. The predicted molar refractivity (Wildman–Crippen MR) is 142 cm³/mol. The van der Waals surface area contributed by atoms with Gasteiger partial charge in [0, 0.05) is 29.5 Å². The molecule has 8 nitrogen and oxygen atoms in total. The van der Waals surface area contributed by atoms with E-state index in [0.29, 0.717) is 23.5 Å². The molecular weight excluding hydrogens is 501 g/mol. The average Bonchev–Trinajstić information content (AvgIpc) is 3.39. The van der Waals surface area contributed by atoms with E-state index < -0.39 is 40.7 Å². The van der Waals surface area contributed by atoms with Crippen molar-refractivity contribution in [3.8, 4) is 5.75 Å². The Kier molecular flexibility index (Phi) is 7.13. The Hall–Kier alpha value is -3.46. The van der Waals surface area contributed by atoms with Gasteiger partial charge in [-0.25, -0.2) is 4.39 Å². The van der Waals surface area contributed by atoms with E-state index in [-0.39, 0.29) is 24.9 Å². The Balaban J connectivity index is 1.32. The maximum atomic E-state index is 15.7. The highest BCUT2D eigenvalue weighted by Gasteiger charge is 2.49. The zero-order valence-corrected chi connectivity index (χ0v) is 22.8. The predicted octanol–water partition coefficient (Wildman–Crippen LogP) is 3.68.